The fourth-order valence-corrected chi connectivity index (χ4v) is 9.28. The predicted molar refractivity (Wildman–Crippen MR) is 179 cm³/mol. The van der Waals surface area contributed by atoms with E-state index in [-0.39, 0.29) is 35.8 Å². The number of nitrogens with one attached hydrogen (secondary N) is 1. The van der Waals surface area contributed by atoms with Crippen LogP contribution in [0.25, 0.3) is 20.8 Å². The Morgan fingerprint density at radius 3 is 2.40 bits per heavy atom. The summed E-state index contributed by atoms with van der Waals surface area (Å²) < 4.78 is 29.8. The second kappa shape index (κ2) is 12.9. The molecular formula is C32H33ClN4O3S3. The maximum atomic E-state index is 13.6. The molecule has 3 heterocycles. The van der Waals surface area contributed by atoms with Gasteiger partial charge >= 0.3 is 0 Å². The third-order valence-electron chi connectivity index (χ3n) is 7.46. The zero-order chi connectivity index (χ0) is 29.4. The highest BCUT2D eigenvalue weighted by molar-refractivity contribution is 7.89. The first-order valence-electron chi connectivity index (χ1n) is 13.9. The zero-order valence-electron chi connectivity index (χ0n) is 24.1. The van der Waals surface area contributed by atoms with Gasteiger partial charge in [-0.15, -0.1) is 35.1 Å². The number of nitrogens with zero attached hydrogens (tertiary/aromatic N) is 3. The Morgan fingerprint density at radius 1 is 1.00 bits per heavy atom. The summed E-state index contributed by atoms with van der Waals surface area (Å²) in [5.74, 6) is -0.279. The van der Waals surface area contributed by atoms with Crippen molar-refractivity contribution in [2.24, 2.45) is 0 Å². The van der Waals surface area contributed by atoms with Crippen LogP contribution in [-0.2, 0) is 29.5 Å². The van der Waals surface area contributed by atoms with Crippen molar-refractivity contribution >= 4 is 66.2 Å². The minimum Gasteiger partial charge on any atom is -0.313 e. The van der Waals surface area contributed by atoms with E-state index in [0.29, 0.717) is 5.56 Å². The van der Waals surface area contributed by atoms with Crippen molar-refractivity contribution in [1.82, 2.24) is 14.2 Å². The molecule has 11 heteroatoms. The molecule has 5 aromatic rings. The lowest BCUT2D eigenvalue weighted by atomic mass is 10.0. The number of fused-ring (bicyclic) bond motifs is 2. The van der Waals surface area contributed by atoms with Crippen molar-refractivity contribution < 1.29 is 13.2 Å². The fraction of sp³-hybridized carbons (Fsp3) is 0.250. The number of sulfonamides is 1. The van der Waals surface area contributed by atoms with Gasteiger partial charge in [-0.05, 0) is 74.8 Å². The number of halogens is 1. The molecule has 1 amide bonds. The molecule has 0 fully saturated rings. The normalized spacial score (nSPS) is 13.7. The van der Waals surface area contributed by atoms with Crippen LogP contribution in [0.4, 0.5) is 5.00 Å². The Labute approximate surface area is 266 Å². The number of thiazole rings is 1. The standard InChI is InChI=1S/C32H32N4O3S3.ClH/c1-21(2)36(19-22-9-5-4-6-10-22)42(38,39)24-15-13-23(14-16-24)30(37)34-32-29(25-17-18-35(3)20-28(25)41-32)31-33-26-11-7-8-12-27(26)40-31;/h4-16,21H,17-20H2,1-3H3,(H,34,37);1H. The van der Waals surface area contributed by atoms with E-state index >= 15 is 0 Å². The second-order valence-corrected chi connectivity index (χ2v) is 14.8. The average Bonchev–Trinajstić information content (AvgIpc) is 3.56. The molecule has 3 aromatic carbocycles. The number of hydrogen-bond acceptors (Lipinski definition) is 7. The number of para-hydroxylation sites is 1. The van der Waals surface area contributed by atoms with E-state index in [0.717, 1.165) is 50.9 Å². The van der Waals surface area contributed by atoms with Gasteiger partial charge in [-0.25, -0.2) is 13.4 Å². The van der Waals surface area contributed by atoms with E-state index in [1.54, 1.807) is 34.8 Å². The van der Waals surface area contributed by atoms with Gasteiger partial charge in [0.1, 0.15) is 10.0 Å². The van der Waals surface area contributed by atoms with Gasteiger partial charge in [0.05, 0.1) is 15.1 Å². The van der Waals surface area contributed by atoms with E-state index in [2.05, 4.69) is 23.3 Å². The molecule has 0 radical (unpaired) electrons. The monoisotopic (exact) mass is 652 g/mol. The number of carbonyl (C=O) groups excluding carboxylic acids is 1. The maximum absolute atomic E-state index is 13.6. The molecule has 224 valence electrons. The van der Waals surface area contributed by atoms with Gasteiger partial charge in [0, 0.05) is 41.7 Å². The molecule has 0 saturated carbocycles. The SMILES string of the molecule is CC(C)N(Cc1ccccc1)S(=O)(=O)c1ccc(C(=O)Nc2sc3c(c2-c2nc4ccccc4s2)CCN(C)C3)cc1.Cl. The van der Waals surface area contributed by atoms with Crippen LogP contribution < -0.4 is 5.32 Å². The van der Waals surface area contributed by atoms with Crippen LogP contribution in [0.15, 0.2) is 83.8 Å². The van der Waals surface area contributed by atoms with Crippen molar-refractivity contribution in [2.45, 2.75) is 44.3 Å². The van der Waals surface area contributed by atoms with Crippen molar-refractivity contribution in [2.75, 3.05) is 18.9 Å². The fourth-order valence-electron chi connectivity index (χ4n) is 5.22. The van der Waals surface area contributed by atoms with Crippen LogP contribution in [0.5, 0.6) is 0 Å². The van der Waals surface area contributed by atoms with Gasteiger partial charge in [0.15, 0.2) is 0 Å². The molecule has 2 aromatic heterocycles. The summed E-state index contributed by atoms with van der Waals surface area (Å²) in [5, 5.41) is 4.83. The lowest BCUT2D eigenvalue weighted by Crippen LogP contribution is -2.36. The van der Waals surface area contributed by atoms with Crippen LogP contribution in [0.2, 0.25) is 0 Å². The van der Waals surface area contributed by atoms with Gasteiger partial charge in [-0.3, -0.25) is 4.79 Å². The molecule has 0 atom stereocenters. The third-order valence-corrected chi connectivity index (χ3v) is 11.7. The number of likely N-dealkylation sites (N-methyl/N-ethyl adjacent to an activating group) is 1. The van der Waals surface area contributed by atoms with Gasteiger partial charge in [-0.2, -0.15) is 4.31 Å². The summed E-state index contributed by atoms with van der Waals surface area (Å²) in [4.78, 5) is 22.1. The van der Waals surface area contributed by atoms with E-state index in [1.165, 1.54) is 26.9 Å². The minimum absolute atomic E-state index is 0. The van der Waals surface area contributed by atoms with E-state index < -0.39 is 10.0 Å². The summed E-state index contributed by atoms with van der Waals surface area (Å²) in [6, 6.07) is 23.6. The maximum Gasteiger partial charge on any atom is 0.256 e. The number of hydrogen-bond donors (Lipinski definition) is 1. The molecule has 1 N–H and O–H groups in total. The lowest BCUT2D eigenvalue weighted by molar-refractivity contribution is 0.102. The van der Waals surface area contributed by atoms with Crippen LogP contribution in [0.3, 0.4) is 0 Å². The molecule has 1 aliphatic rings. The van der Waals surface area contributed by atoms with Crippen LogP contribution in [0.1, 0.15) is 40.2 Å². The number of thiophene rings is 1. The van der Waals surface area contributed by atoms with Crippen molar-refractivity contribution in [3.63, 3.8) is 0 Å². The Morgan fingerprint density at radius 2 is 1.70 bits per heavy atom. The molecule has 0 unspecified atom stereocenters. The van der Waals surface area contributed by atoms with Gasteiger partial charge < -0.3 is 10.2 Å². The predicted octanol–water partition coefficient (Wildman–Crippen LogP) is 7.29. The van der Waals surface area contributed by atoms with Crippen LogP contribution in [0, 0.1) is 0 Å². The Bertz CT molecular complexity index is 1820. The third kappa shape index (κ3) is 6.40. The first-order valence-corrected chi connectivity index (χ1v) is 16.9. The van der Waals surface area contributed by atoms with E-state index in [9.17, 15) is 13.2 Å². The van der Waals surface area contributed by atoms with Gasteiger partial charge in [-0.1, -0.05) is 42.5 Å². The summed E-state index contributed by atoms with van der Waals surface area (Å²) in [6.45, 7) is 5.78. The molecule has 0 bridgehead atoms. The Balaban J connectivity index is 0.00000368. The number of amides is 1. The summed E-state index contributed by atoms with van der Waals surface area (Å²) in [6.07, 6.45) is 0.894. The first kappa shape index (κ1) is 31.3. The summed E-state index contributed by atoms with van der Waals surface area (Å²) in [7, 11) is -1.67. The number of rotatable bonds is 8. The zero-order valence-corrected chi connectivity index (χ0v) is 27.4. The molecule has 0 spiro atoms. The van der Waals surface area contributed by atoms with Crippen molar-refractivity contribution in [1.29, 1.82) is 0 Å². The molecule has 0 aliphatic carbocycles. The van der Waals surface area contributed by atoms with Crippen molar-refractivity contribution in [3.05, 3.63) is 100 Å². The first-order chi connectivity index (χ1) is 20.2. The molecule has 1 aliphatic heterocycles. The summed E-state index contributed by atoms with van der Waals surface area (Å²) in [5.41, 5.74) is 4.51. The lowest BCUT2D eigenvalue weighted by Gasteiger charge is -2.26. The smallest absolute Gasteiger partial charge is 0.256 e. The topological polar surface area (TPSA) is 82.6 Å². The highest BCUT2D eigenvalue weighted by Gasteiger charge is 2.29. The molecule has 43 heavy (non-hydrogen) atoms. The van der Waals surface area contributed by atoms with E-state index in [1.807, 2.05) is 62.4 Å². The van der Waals surface area contributed by atoms with Crippen molar-refractivity contribution in [3.8, 4) is 10.6 Å². The van der Waals surface area contributed by atoms with E-state index in [4.69, 9.17) is 4.98 Å². The highest BCUT2D eigenvalue weighted by atomic mass is 35.5. The Hall–Kier alpha value is -3.12. The second-order valence-electron chi connectivity index (χ2n) is 10.8. The largest absolute Gasteiger partial charge is 0.313 e. The quantitative estimate of drug-likeness (QED) is 0.190. The number of benzene rings is 3. The Kier molecular flexibility index (Phi) is 9.36. The molecule has 0 saturated heterocycles. The number of carbonyl (C=O) groups is 1. The number of anilines is 1. The van der Waals surface area contributed by atoms with Gasteiger partial charge in [0.2, 0.25) is 10.0 Å². The molecular weight excluding hydrogens is 620 g/mol. The highest BCUT2D eigenvalue weighted by Crippen LogP contribution is 2.45. The summed E-state index contributed by atoms with van der Waals surface area (Å²) >= 11 is 3.23. The molecule has 6 rings (SSSR count). The van der Waals surface area contributed by atoms with Crippen LogP contribution >= 0.6 is 35.1 Å². The molecule has 7 nitrogen and oxygen atoms in total. The number of aromatic nitrogens is 1. The minimum atomic E-state index is -3.77. The van der Waals surface area contributed by atoms with Crippen LogP contribution in [-0.4, -0.2) is 48.1 Å². The average molecular weight is 653 g/mol. The van der Waals surface area contributed by atoms with Gasteiger partial charge in [0.25, 0.3) is 5.91 Å².